The second-order valence-corrected chi connectivity index (χ2v) is 7.81. The van der Waals surface area contributed by atoms with E-state index in [2.05, 4.69) is 4.90 Å². The van der Waals surface area contributed by atoms with Crippen LogP contribution in [0.25, 0.3) is 0 Å². The van der Waals surface area contributed by atoms with Crippen molar-refractivity contribution in [3.8, 4) is 0 Å². The number of nitrogens with zero attached hydrogens (tertiary/aromatic N) is 2. The van der Waals surface area contributed by atoms with E-state index in [1.165, 1.54) is 12.8 Å². The van der Waals surface area contributed by atoms with Crippen molar-refractivity contribution >= 4 is 10.0 Å². The van der Waals surface area contributed by atoms with Gasteiger partial charge in [-0.25, -0.2) is 8.42 Å². The Morgan fingerprint density at radius 2 is 1.65 bits per heavy atom. The largest absolute Gasteiger partial charge is 0.298 e. The molecule has 0 radical (unpaired) electrons. The van der Waals surface area contributed by atoms with Crippen LogP contribution in [-0.4, -0.2) is 55.6 Å². The third kappa shape index (κ3) is 3.40. The topological polar surface area (TPSA) is 40.6 Å². The lowest BCUT2D eigenvalue weighted by Crippen LogP contribution is -2.49. The Labute approximate surface area is 121 Å². The van der Waals surface area contributed by atoms with Crippen LogP contribution in [0, 0.1) is 0 Å². The fourth-order valence-electron chi connectivity index (χ4n) is 2.81. The molecule has 0 amide bonds. The first-order valence-corrected chi connectivity index (χ1v) is 9.02. The van der Waals surface area contributed by atoms with Crippen LogP contribution in [0.15, 0.2) is 30.3 Å². The van der Waals surface area contributed by atoms with Gasteiger partial charge in [0.15, 0.2) is 0 Å². The van der Waals surface area contributed by atoms with Crippen molar-refractivity contribution in [2.45, 2.75) is 25.3 Å². The number of aryl methyl sites for hydroxylation is 1. The lowest BCUT2D eigenvalue weighted by Gasteiger charge is -2.34. The predicted octanol–water partition coefficient (Wildman–Crippen LogP) is 1.34. The Hall–Kier alpha value is -0.910. The predicted molar refractivity (Wildman–Crippen MR) is 80.1 cm³/mol. The van der Waals surface area contributed by atoms with E-state index in [1.807, 2.05) is 30.3 Å². The van der Waals surface area contributed by atoms with Crippen molar-refractivity contribution in [1.29, 1.82) is 0 Å². The van der Waals surface area contributed by atoms with Crippen LogP contribution in [0.4, 0.5) is 0 Å². The van der Waals surface area contributed by atoms with E-state index in [-0.39, 0.29) is 5.75 Å². The van der Waals surface area contributed by atoms with Crippen LogP contribution in [0.3, 0.4) is 0 Å². The molecule has 0 aromatic heterocycles. The van der Waals surface area contributed by atoms with Crippen LogP contribution in [-0.2, 0) is 16.4 Å². The zero-order chi connectivity index (χ0) is 14.0. The summed E-state index contributed by atoms with van der Waals surface area (Å²) in [5, 5.41) is 0. The lowest BCUT2D eigenvalue weighted by atomic mass is 10.2. The number of hydrogen-bond donors (Lipinski definition) is 0. The van der Waals surface area contributed by atoms with Gasteiger partial charge in [0, 0.05) is 32.2 Å². The van der Waals surface area contributed by atoms with Gasteiger partial charge in [0.05, 0.1) is 5.75 Å². The van der Waals surface area contributed by atoms with Crippen LogP contribution >= 0.6 is 0 Å². The molecule has 20 heavy (non-hydrogen) atoms. The van der Waals surface area contributed by atoms with E-state index in [0.29, 0.717) is 19.5 Å². The van der Waals surface area contributed by atoms with Crippen molar-refractivity contribution in [1.82, 2.24) is 9.21 Å². The molecule has 0 spiro atoms. The third-order valence-electron chi connectivity index (χ3n) is 4.22. The van der Waals surface area contributed by atoms with Crippen LogP contribution in [0.5, 0.6) is 0 Å². The molecule has 1 aromatic carbocycles. The molecule has 1 saturated carbocycles. The first-order chi connectivity index (χ1) is 9.65. The summed E-state index contributed by atoms with van der Waals surface area (Å²) in [5.41, 5.74) is 1.09. The van der Waals surface area contributed by atoms with Gasteiger partial charge in [-0.2, -0.15) is 4.31 Å². The number of benzene rings is 1. The normalized spacial score (nSPS) is 22.0. The van der Waals surface area contributed by atoms with Gasteiger partial charge in [-0.15, -0.1) is 0 Å². The average Bonchev–Trinajstić information content (AvgIpc) is 3.31. The van der Waals surface area contributed by atoms with E-state index >= 15 is 0 Å². The molecule has 0 atom stereocenters. The van der Waals surface area contributed by atoms with Gasteiger partial charge in [0.2, 0.25) is 10.0 Å². The minimum absolute atomic E-state index is 0.223. The first-order valence-electron chi connectivity index (χ1n) is 7.41. The monoisotopic (exact) mass is 294 g/mol. The van der Waals surface area contributed by atoms with Gasteiger partial charge >= 0.3 is 0 Å². The molecule has 1 heterocycles. The highest BCUT2D eigenvalue weighted by Gasteiger charge is 2.34. The van der Waals surface area contributed by atoms with Crippen LogP contribution in [0.2, 0.25) is 0 Å². The molecule has 1 saturated heterocycles. The molecular formula is C15H22N2O2S. The smallest absolute Gasteiger partial charge is 0.214 e. The van der Waals surface area contributed by atoms with Crippen molar-refractivity contribution in [3.63, 3.8) is 0 Å². The van der Waals surface area contributed by atoms with Gasteiger partial charge in [0.25, 0.3) is 0 Å². The van der Waals surface area contributed by atoms with Crippen molar-refractivity contribution in [2.75, 3.05) is 31.9 Å². The lowest BCUT2D eigenvalue weighted by molar-refractivity contribution is 0.180. The molecule has 0 unspecified atom stereocenters. The van der Waals surface area contributed by atoms with Gasteiger partial charge in [0.1, 0.15) is 0 Å². The maximum Gasteiger partial charge on any atom is 0.214 e. The molecule has 2 aliphatic rings. The van der Waals surface area contributed by atoms with E-state index in [0.717, 1.165) is 24.7 Å². The molecule has 2 fully saturated rings. The zero-order valence-corrected chi connectivity index (χ0v) is 12.6. The number of sulfonamides is 1. The molecular weight excluding hydrogens is 272 g/mol. The quantitative estimate of drug-likeness (QED) is 0.823. The van der Waals surface area contributed by atoms with Crippen molar-refractivity contribution < 1.29 is 8.42 Å². The van der Waals surface area contributed by atoms with E-state index < -0.39 is 10.0 Å². The molecule has 110 valence electrons. The summed E-state index contributed by atoms with van der Waals surface area (Å²) in [6.07, 6.45) is 3.19. The molecule has 0 bridgehead atoms. The summed E-state index contributed by atoms with van der Waals surface area (Å²) in [4.78, 5) is 2.43. The fraction of sp³-hybridized carbons (Fsp3) is 0.600. The summed E-state index contributed by atoms with van der Waals surface area (Å²) >= 11 is 0. The number of hydrogen-bond acceptors (Lipinski definition) is 3. The van der Waals surface area contributed by atoms with Crippen LogP contribution in [0.1, 0.15) is 18.4 Å². The second kappa shape index (κ2) is 5.84. The molecule has 1 aliphatic heterocycles. The minimum Gasteiger partial charge on any atom is -0.298 e. The highest BCUT2D eigenvalue weighted by molar-refractivity contribution is 7.89. The first kappa shape index (κ1) is 14.0. The van der Waals surface area contributed by atoms with Gasteiger partial charge in [-0.05, 0) is 24.8 Å². The minimum atomic E-state index is -3.10. The standard InChI is InChI=1S/C15H22N2O2S/c18-20(19,13-8-14-4-2-1-3-5-14)17-11-9-16(10-12-17)15-6-7-15/h1-5,15H,6-13H2. The average molecular weight is 294 g/mol. The maximum atomic E-state index is 12.4. The Morgan fingerprint density at radius 1 is 1.00 bits per heavy atom. The van der Waals surface area contributed by atoms with Gasteiger partial charge in [-0.3, -0.25) is 4.90 Å². The molecule has 5 heteroatoms. The molecule has 0 N–H and O–H groups in total. The zero-order valence-electron chi connectivity index (χ0n) is 11.7. The SMILES string of the molecule is O=S(=O)(CCc1ccccc1)N1CCN(C2CC2)CC1. The van der Waals surface area contributed by atoms with Crippen LogP contribution < -0.4 is 0 Å². The molecule has 1 aliphatic carbocycles. The number of piperazine rings is 1. The molecule has 3 rings (SSSR count). The van der Waals surface area contributed by atoms with E-state index in [4.69, 9.17) is 0 Å². The second-order valence-electron chi connectivity index (χ2n) is 5.72. The summed E-state index contributed by atoms with van der Waals surface area (Å²) in [6.45, 7) is 3.12. The summed E-state index contributed by atoms with van der Waals surface area (Å²) in [7, 11) is -3.10. The number of rotatable bonds is 5. The van der Waals surface area contributed by atoms with E-state index in [9.17, 15) is 8.42 Å². The third-order valence-corrected chi connectivity index (χ3v) is 6.09. The van der Waals surface area contributed by atoms with Crippen molar-refractivity contribution in [2.24, 2.45) is 0 Å². The summed E-state index contributed by atoms with van der Waals surface area (Å²) in [5.74, 6) is 0.223. The fourth-order valence-corrected chi connectivity index (χ4v) is 4.28. The van der Waals surface area contributed by atoms with Gasteiger partial charge in [-0.1, -0.05) is 30.3 Å². The maximum absolute atomic E-state index is 12.4. The summed E-state index contributed by atoms with van der Waals surface area (Å²) in [6, 6.07) is 10.6. The Morgan fingerprint density at radius 3 is 2.25 bits per heavy atom. The summed E-state index contributed by atoms with van der Waals surface area (Å²) < 4.78 is 26.4. The Balaban J connectivity index is 1.53. The Bertz CT molecular complexity index is 532. The van der Waals surface area contributed by atoms with Crippen molar-refractivity contribution in [3.05, 3.63) is 35.9 Å². The molecule has 4 nitrogen and oxygen atoms in total. The highest BCUT2D eigenvalue weighted by Crippen LogP contribution is 2.27. The highest BCUT2D eigenvalue weighted by atomic mass is 32.2. The van der Waals surface area contributed by atoms with E-state index in [1.54, 1.807) is 4.31 Å². The van der Waals surface area contributed by atoms with Gasteiger partial charge < -0.3 is 0 Å². The molecule has 1 aromatic rings. The Kier molecular flexibility index (Phi) is 4.10.